The lowest BCUT2D eigenvalue weighted by Gasteiger charge is -2.14. The van der Waals surface area contributed by atoms with Gasteiger partial charge in [0.15, 0.2) is 5.13 Å². The maximum absolute atomic E-state index is 11.9. The Labute approximate surface area is 182 Å². The van der Waals surface area contributed by atoms with E-state index >= 15 is 0 Å². The molecule has 7 nitrogen and oxygen atoms in total. The van der Waals surface area contributed by atoms with Gasteiger partial charge in [-0.15, -0.1) is 0 Å². The summed E-state index contributed by atoms with van der Waals surface area (Å²) in [6.45, 7) is 1.48. The van der Waals surface area contributed by atoms with Gasteiger partial charge in [0.05, 0.1) is 45.3 Å². The van der Waals surface area contributed by atoms with Gasteiger partial charge in [-0.1, -0.05) is 22.9 Å². The predicted octanol–water partition coefficient (Wildman–Crippen LogP) is 4.37. The molecule has 1 saturated carbocycles. The molecule has 2 heterocycles. The molecular formula is C21H19ClN4O3S. The van der Waals surface area contributed by atoms with Crippen LogP contribution in [-0.4, -0.2) is 33.8 Å². The highest BCUT2D eigenvalue weighted by Gasteiger charge is 2.35. The van der Waals surface area contributed by atoms with Gasteiger partial charge in [0, 0.05) is 18.4 Å². The number of halogens is 1. The molecule has 2 aliphatic carbocycles. The number of amides is 1. The highest BCUT2D eigenvalue weighted by atomic mass is 35.5. The van der Waals surface area contributed by atoms with E-state index in [9.17, 15) is 9.59 Å². The Kier molecular flexibility index (Phi) is 4.63. The molecule has 0 atom stereocenters. The van der Waals surface area contributed by atoms with Crippen molar-refractivity contribution in [1.82, 2.24) is 14.8 Å². The summed E-state index contributed by atoms with van der Waals surface area (Å²) in [5.74, 6) is -0.120. The van der Waals surface area contributed by atoms with Crippen LogP contribution in [0.1, 0.15) is 53.0 Å². The molecule has 2 aliphatic rings. The van der Waals surface area contributed by atoms with Gasteiger partial charge in [0.25, 0.3) is 0 Å². The maximum Gasteiger partial charge on any atom is 0.339 e. The molecule has 0 bridgehead atoms. The first-order valence-corrected chi connectivity index (χ1v) is 10.9. The number of thiazole rings is 1. The van der Waals surface area contributed by atoms with E-state index in [0.29, 0.717) is 21.6 Å². The van der Waals surface area contributed by atoms with E-state index in [0.717, 1.165) is 53.3 Å². The van der Waals surface area contributed by atoms with E-state index in [1.165, 1.54) is 30.9 Å². The van der Waals surface area contributed by atoms with Crippen molar-refractivity contribution in [2.75, 3.05) is 12.4 Å². The molecule has 1 amide bonds. The number of hydrogen-bond acceptors (Lipinski definition) is 6. The maximum atomic E-state index is 11.9. The second-order valence-corrected chi connectivity index (χ2v) is 8.94. The zero-order valence-corrected chi connectivity index (χ0v) is 18.1. The summed E-state index contributed by atoms with van der Waals surface area (Å²) < 4.78 is 6.70. The highest BCUT2D eigenvalue weighted by molar-refractivity contribution is 7.19. The molecule has 30 heavy (non-hydrogen) atoms. The number of carbonyl (C=O) groups is 2. The van der Waals surface area contributed by atoms with Crippen LogP contribution in [0.3, 0.4) is 0 Å². The van der Waals surface area contributed by atoms with E-state index in [-0.39, 0.29) is 5.91 Å². The summed E-state index contributed by atoms with van der Waals surface area (Å²) in [5, 5.41) is 8.67. The van der Waals surface area contributed by atoms with Crippen molar-refractivity contribution in [3.63, 3.8) is 0 Å². The second kappa shape index (κ2) is 7.21. The molecule has 3 aromatic rings. The number of nitrogens with zero attached hydrogens (tertiary/aromatic N) is 3. The molecule has 2 aromatic heterocycles. The molecule has 0 unspecified atom stereocenters. The normalized spacial score (nSPS) is 14.8. The molecule has 1 fully saturated rings. The van der Waals surface area contributed by atoms with E-state index < -0.39 is 5.97 Å². The molecular weight excluding hydrogens is 424 g/mol. The number of nitrogens with one attached hydrogen (secondary N) is 1. The molecule has 0 aliphatic heterocycles. The number of carbonyl (C=O) groups excluding carboxylic acids is 2. The minimum absolute atomic E-state index is 0.140. The van der Waals surface area contributed by atoms with Gasteiger partial charge in [-0.3, -0.25) is 4.79 Å². The van der Waals surface area contributed by atoms with Gasteiger partial charge in [-0.05, 0) is 43.9 Å². The van der Waals surface area contributed by atoms with Gasteiger partial charge in [-0.2, -0.15) is 5.10 Å². The topological polar surface area (TPSA) is 86.1 Å². The van der Waals surface area contributed by atoms with Crippen molar-refractivity contribution in [3.8, 4) is 16.3 Å². The fraction of sp³-hybridized carbons (Fsp3) is 0.333. The minimum Gasteiger partial charge on any atom is -0.465 e. The quantitative estimate of drug-likeness (QED) is 0.606. The van der Waals surface area contributed by atoms with Crippen LogP contribution in [-0.2, 0) is 22.4 Å². The average molecular weight is 443 g/mol. The van der Waals surface area contributed by atoms with Crippen molar-refractivity contribution in [2.45, 2.75) is 38.5 Å². The number of hydrogen-bond donors (Lipinski definition) is 1. The Morgan fingerprint density at radius 3 is 2.77 bits per heavy atom. The number of fused-ring (bicyclic) bond motifs is 3. The van der Waals surface area contributed by atoms with Gasteiger partial charge >= 0.3 is 5.97 Å². The van der Waals surface area contributed by atoms with E-state index in [2.05, 4.69) is 10.3 Å². The van der Waals surface area contributed by atoms with Gasteiger partial charge in [0.1, 0.15) is 0 Å². The number of aryl methyl sites for hydroxylation is 1. The first-order chi connectivity index (χ1) is 14.5. The van der Waals surface area contributed by atoms with Gasteiger partial charge in [-0.25, -0.2) is 14.5 Å². The molecule has 0 spiro atoms. The number of aromatic nitrogens is 3. The van der Waals surface area contributed by atoms with Crippen LogP contribution >= 0.6 is 22.9 Å². The smallest absolute Gasteiger partial charge is 0.339 e. The molecule has 9 heteroatoms. The first kappa shape index (κ1) is 19.3. The number of rotatable bonds is 4. The Hall–Kier alpha value is -2.71. The van der Waals surface area contributed by atoms with E-state index in [1.807, 2.05) is 10.7 Å². The van der Waals surface area contributed by atoms with Crippen molar-refractivity contribution in [3.05, 3.63) is 45.7 Å². The zero-order chi connectivity index (χ0) is 21.0. The lowest BCUT2D eigenvalue weighted by molar-refractivity contribution is -0.114. The summed E-state index contributed by atoms with van der Waals surface area (Å²) in [4.78, 5) is 29.0. The van der Waals surface area contributed by atoms with Crippen LogP contribution in [0.25, 0.3) is 16.3 Å². The number of methoxy groups -OCH3 is 1. The highest BCUT2D eigenvalue weighted by Crippen LogP contribution is 2.48. The second-order valence-electron chi connectivity index (χ2n) is 7.53. The molecule has 0 saturated heterocycles. The average Bonchev–Trinajstić information content (AvgIpc) is 3.36. The summed E-state index contributed by atoms with van der Waals surface area (Å²) in [6, 6.07) is 5.22. The number of anilines is 1. The first-order valence-electron chi connectivity index (χ1n) is 9.74. The Morgan fingerprint density at radius 2 is 2.10 bits per heavy atom. The molecule has 0 radical (unpaired) electrons. The Bertz CT molecular complexity index is 1200. The van der Waals surface area contributed by atoms with Gasteiger partial charge in [0.2, 0.25) is 5.91 Å². The van der Waals surface area contributed by atoms with Gasteiger partial charge < -0.3 is 10.1 Å². The van der Waals surface area contributed by atoms with Crippen LogP contribution in [0.5, 0.6) is 0 Å². The lowest BCUT2D eigenvalue weighted by atomic mass is 9.96. The summed E-state index contributed by atoms with van der Waals surface area (Å²) in [6.07, 6.45) is 3.99. The third-order valence-corrected chi connectivity index (χ3v) is 6.72. The zero-order valence-electron chi connectivity index (χ0n) is 16.5. The van der Waals surface area contributed by atoms with E-state index in [1.54, 1.807) is 12.1 Å². The largest absolute Gasteiger partial charge is 0.465 e. The number of esters is 1. The number of ether oxygens (including phenoxy) is 1. The van der Waals surface area contributed by atoms with Crippen LogP contribution in [0.4, 0.5) is 5.13 Å². The molecule has 1 N–H and O–H groups in total. The van der Waals surface area contributed by atoms with Crippen LogP contribution in [0.2, 0.25) is 5.02 Å². The van der Waals surface area contributed by atoms with Crippen molar-refractivity contribution < 1.29 is 14.3 Å². The third kappa shape index (κ3) is 3.20. The Balaban J connectivity index is 1.66. The molecule has 1 aromatic carbocycles. The predicted molar refractivity (Wildman–Crippen MR) is 115 cm³/mol. The Morgan fingerprint density at radius 1 is 1.30 bits per heavy atom. The fourth-order valence-corrected chi connectivity index (χ4v) is 5.25. The van der Waals surface area contributed by atoms with Crippen LogP contribution in [0, 0.1) is 0 Å². The van der Waals surface area contributed by atoms with Crippen molar-refractivity contribution >= 4 is 39.9 Å². The summed E-state index contributed by atoms with van der Waals surface area (Å²) in [7, 11) is 1.33. The van der Waals surface area contributed by atoms with Crippen molar-refractivity contribution in [2.24, 2.45) is 0 Å². The summed E-state index contributed by atoms with van der Waals surface area (Å²) >= 11 is 7.85. The lowest BCUT2D eigenvalue weighted by Crippen LogP contribution is -2.07. The third-order valence-electron chi connectivity index (χ3n) is 5.39. The van der Waals surface area contributed by atoms with Crippen LogP contribution < -0.4 is 5.32 Å². The van der Waals surface area contributed by atoms with Crippen LogP contribution in [0.15, 0.2) is 18.2 Å². The standard InChI is InChI=1S/C21H19ClN4O3S/c1-10(27)23-21-24-16-8-7-14-17(11-3-4-11)25-26(18(14)19(16)30-21)12-5-6-13(15(22)9-12)20(28)29-2/h5-6,9,11H,3-4,7-8H2,1-2H3,(H,23,24,27). The summed E-state index contributed by atoms with van der Waals surface area (Å²) in [5.41, 5.74) is 5.46. The SMILES string of the molecule is COC(=O)c1ccc(-n2nc(C3CC3)c3c2-c2sc(NC(C)=O)nc2CC3)cc1Cl. The molecule has 154 valence electrons. The minimum atomic E-state index is -0.475. The van der Waals surface area contributed by atoms with Crippen molar-refractivity contribution in [1.29, 1.82) is 0 Å². The fourth-order valence-electron chi connectivity index (χ4n) is 3.88. The van der Waals surface area contributed by atoms with E-state index in [4.69, 9.17) is 21.4 Å². The number of benzene rings is 1. The monoisotopic (exact) mass is 442 g/mol. The molecule has 5 rings (SSSR count).